The number of benzene rings is 2. The van der Waals surface area contributed by atoms with Crippen LogP contribution in [0.15, 0.2) is 42.5 Å². The van der Waals surface area contributed by atoms with Gasteiger partial charge in [-0.3, -0.25) is 0 Å². The minimum absolute atomic E-state index is 0.0413. The van der Waals surface area contributed by atoms with Crippen LogP contribution in [0.5, 0.6) is 0 Å². The Labute approximate surface area is 116 Å². The van der Waals surface area contributed by atoms with Crippen LogP contribution < -0.4 is 5.32 Å². The van der Waals surface area contributed by atoms with Crippen LogP contribution in [0.2, 0.25) is 10.0 Å². The highest BCUT2D eigenvalue weighted by atomic mass is 35.5. The van der Waals surface area contributed by atoms with Gasteiger partial charge in [0.15, 0.2) is 0 Å². The molecule has 1 N–H and O–H groups in total. The highest BCUT2D eigenvalue weighted by Crippen LogP contribution is 2.28. The van der Waals surface area contributed by atoms with Gasteiger partial charge in [-0.05, 0) is 42.4 Å². The first-order valence-corrected chi connectivity index (χ1v) is 6.25. The third-order valence-corrected chi connectivity index (χ3v) is 3.51. The van der Waals surface area contributed by atoms with Crippen LogP contribution in [-0.2, 0) is 0 Å². The lowest BCUT2D eigenvalue weighted by atomic mass is 9.99. The van der Waals surface area contributed by atoms with Gasteiger partial charge in [-0.2, -0.15) is 0 Å². The fourth-order valence-electron chi connectivity index (χ4n) is 1.87. The second kappa shape index (κ2) is 5.70. The van der Waals surface area contributed by atoms with Crippen LogP contribution in [0.3, 0.4) is 0 Å². The zero-order chi connectivity index (χ0) is 13.1. The Morgan fingerprint density at radius 1 is 0.944 bits per heavy atom. The summed E-state index contributed by atoms with van der Waals surface area (Å²) in [6, 6.07) is 11.8. The van der Waals surface area contributed by atoms with E-state index in [1.807, 2.05) is 19.2 Å². The van der Waals surface area contributed by atoms with Crippen molar-refractivity contribution in [3.63, 3.8) is 0 Å². The highest BCUT2D eigenvalue weighted by molar-refractivity contribution is 6.42. The molecule has 4 heteroatoms. The molecule has 1 atom stereocenters. The normalized spacial score (nSPS) is 12.4. The van der Waals surface area contributed by atoms with Gasteiger partial charge in [0, 0.05) is 0 Å². The molecule has 0 bridgehead atoms. The van der Waals surface area contributed by atoms with Crippen LogP contribution in [-0.4, -0.2) is 7.05 Å². The van der Waals surface area contributed by atoms with Gasteiger partial charge in [0.1, 0.15) is 5.82 Å². The van der Waals surface area contributed by atoms with Crippen LogP contribution in [0.25, 0.3) is 0 Å². The second-order valence-electron chi connectivity index (χ2n) is 3.95. The van der Waals surface area contributed by atoms with E-state index in [9.17, 15) is 4.39 Å². The summed E-state index contributed by atoms with van der Waals surface area (Å²) in [7, 11) is 1.84. The van der Waals surface area contributed by atoms with Crippen molar-refractivity contribution < 1.29 is 4.39 Å². The van der Waals surface area contributed by atoms with Crippen LogP contribution in [0.4, 0.5) is 4.39 Å². The zero-order valence-electron chi connectivity index (χ0n) is 9.75. The molecule has 0 fully saturated rings. The molecule has 1 nitrogen and oxygen atoms in total. The highest BCUT2D eigenvalue weighted by Gasteiger charge is 2.13. The standard InChI is InChI=1S/C14H12Cl2FN/c1-18-14(9-2-5-11(17)6-3-9)10-4-7-12(15)13(16)8-10/h2-8,14,18H,1H3. The summed E-state index contributed by atoms with van der Waals surface area (Å²) in [4.78, 5) is 0. The van der Waals surface area contributed by atoms with E-state index in [1.165, 1.54) is 12.1 Å². The lowest BCUT2D eigenvalue weighted by molar-refractivity contribution is 0.623. The molecule has 0 aromatic heterocycles. The molecular formula is C14H12Cl2FN. The van der Waals surface area contributed by atoms with E-state index < -0.39 is 0 Å². The molecule has 94 valence electrons. The molecule has 0 aliphatic carbocycles. The maximum absolute atomic E-state index is 12.9. The third-order valence-electron chi connectivity index (χ3n) is 2.77. The van der Waals surface area contributed by atoms with E-state index in [2.05, 4.69) is 5.32 Å². The first-order chi connectivity index (χ1) is 8.61. The maximum atomic E-state index is 12.9. The molecule has 0 aliphatic heterocycles. The summed E-state index contributed by atoms with van der Waals surface area (Å²) in [5, 5.41) is 4.21. The second-order valence-corrected chi connectivity index (χ2v) is 4.76. The van der Waals surface area contributed by atoms with E-state index in [0.717, 1.165) is 11.1 Å². The van der Waals surface area contributed by atoms with E-state index in [1.54, 1.807) is 18.2 Å². The summed E-state index contributed by atoms with van der Waals surface area (Å²) in [5.74, 6) is -0.247. The monoisotopic (exact) mass is 283 g/mol. The van der Waals surface area contributed by atoms with Crippen LogP contribution in [0.1, 0.15) is 17.2 Å². The molecule has 0 saturated carbocycles. The third kappa shape index (κ3) is 2.83. The van der Waals surface area contributed by atoms with Crippen molar-refractivity contribution in [3.05, 3.63) is 69.5 Å². The van der Waals surface area contributed by atoms with Crippen molar-refractivity contribution >= 4 is 23.2 Å². The largest absolute Gasteiger partial charge is 0.309 e. The van der Waals surface area contributed by atoms with Crippen molar-refractivity contribution in [2.75, 3.05) is 7.05 Å². The molecule has 0 heterocycles. The Hall–Kier alpha value is -1.09. The molecule has 0 radical (unpaired) electrons. The Kier molecular flexibility index (Phi) is 4.23. The van der Waals surface area contributed by atoms with Gasteiger partial charge in [0.25, 0.3) is 0 Å². The molecule has 0 spiro atoms. The molecule has 18 heavy (non-hydrogen) atoms. The van der Waals surface area contributed by atoms with E-state index in [0.29, 0.717) is 10.0 Å². The number of rotatable bonds is 3. The number of nitrogens with one attached hydrogen (secondary N) is 1. The first kappa shape index (κ1) is 13.3. The summed E-state index contributed by atoms with van der Waals surface area (Å²) in [6.07, 6.45) is 0. The first-order valence-electron chi connectivity index (χ1n) is 5.49. The number of halogens is 3. The van der Waals surface area contributed by atoms with Gasteiger partial charge < -0.3 is 5.32 Å². The number of hydrogen-bond acceptors (Lipinski definition) is 1. The van der Waals surface area contributed by atoms with Gasteiger partial charge >= 0.3 is 0 Å². The fraction of sp³-hybridized carbons (Fsp3) is 0.143. The van der Waals surface area contributed by atoms with E-state index >= 15 is 0 Å². The Bertz CT molecular complexity index is 540. The lowest BCUT2D eigenvalue weighted by Gasteiger charge is -2.17. The minimum Gasteiger partial charge on any atom is -0.309 e. The molecule has 2 rings (SSSR count). The Morgan fingerprint density at radius 2 is 1.56 bits per heavy atom. The van der Waals surface area contributed by atoms with Crippen molar-refractivity contribution in [2.45, 2.75) is 6.04 Å². The molecule has 0 amide bonds. The molecular weight excluding hydrogens is 272 g/mol. The molecule has 0 aliphatic rings. The van der Waals surface area contributed by atoms with Gasteiger partial charge in [0.2, 0.25) is 0 Å². The minimum atomic E-state index is -0.247. The van der Waals surface area contributed by atoms with Crippen molar-refractivity contribution in [1.82, 2.24) is 5.32 Å². The summed E-state index contributed by atoms with van der Waals surface area (Å²) in [5.41, 5.74) is 1.95. The Morgan fingerprint density at radius 3 is 2.11 bits per heavy atom. The molecule has 2 aromatic carbocycles. The summed E-state index contributed by atoms with van der Waals surface area (Å²) < 4.78 is 12.9. The topological polar surface area (TPSA) is 12.0 Å². The molecule has 1 unspecified atom stereocenters. The predicted molar refractivity (Wildman–Crippen MR) is 73.8 cm³/mol. The van der Waals surface area contributed by atoms with Gasteiger partial charge in [0.05, 0.1) is 16.1 Å². The lowest BCUT2D eigenvalue weighted by Crippen LogP contribution is -2.17. The van der Waals surface area contributed by atoms with Crippen LogP contribution >= 0.6 is 23.2 Å². The van der Waals surface area contributed by atoms with Gasteiger partial charge in [-0.25, -0.2) is 4.39 Å². The van der Waals surface area contributed by atoms with Crippen LogP contribution in [0, 0.1) is 5.82 Å². The SMILES string of the molecule is CNC(c1ccc(F)cc1)c1ccc(Cl)c(Cl)c1. The van der Waals surface area contributed by atoms with Crippen molar-refractivity contribution in [1.29, 1.82) is 0 Å². The van der Waals surface area contributed by atoms with Gasteiger partial charge in [-0.15, -0.1) is 0 Å². The zero-order valence-corrected chi connectivity index (χ0v) is 11.3. The average molecular weight is 284 g/mol. The number of hydrogen-bond donors (Lipinski definition) is 1. The van der Waals surface area contributed by atoms with Gasteiger partial charge in [-0.1, -0.05) is 41.4 Å². The van der Waals surface area contributed by atoms with Crippen molar-refractivity contribution in [3.8, 4) is 0 Å². The van der Waals surface area contributed by atoms with Crippen molar-refractivity contribution in [2.24, 2.45) is 0 Å². The molecule has 0 saturated heterocycles. The maximum Gasteiger partial charge on any atom is 0.123 e. The smallest absolute Gasteiger partial charge is 0.123 e. The molecule has 2 aromatic rings. The Balaban J connectivity index is 2.38. The summed E-state index contributed by atoms with van der Waals surface area (Å²) >= 11 is 11.9. The predicted octanol–water partition coefficient (Wildman–Crippen LogP) is 4.44. The summed E-state index contributed by atoms with van der Waals surface area (Å²) in [6.45, 7) is 0. The average Bonchev–Trinajstić information content (AvgIpc) is 2.37. The quantitative estimate of drug-likeness (QED) is 0.878. The fourth-order valence-corrected chi connectivity index (χ4v) is 2.18. The van der Waals surface area contributed by atoms with E-state index in [-0.39, 0.29) is 11.9 Å². The van der Waals surface area contributed by atoms with E-state index in [4.69, 9.17) is 23.2 Å².